The number of hydrogen-bond donors (Lipinski definition) is 1. The third kappa shape index (κ3) is 5.10. The number of anilines is 2. The molecule has 1 heterocycles. The van der Waals surface area contributed by atoms with E-state index in [-0.39, 0.29) is 24.2 Å². The van der Waals surface area contributed by atoms with Crippen LogP contribution in [0.1, 0.15) is 37.3 Å². The third-order valence-corrected chi connectivity index (χ3v) is 7.17. The Hall–Kier alpha value is -2.63. The molecule has 0 unspecified atom stereocenters. The minimum Gasteiger partial charge on any atom is -0.393 e. The van der Waals surface area contributed by atoms with Crippen molar-refractivity contribution in [3.63, 3.8) is 0 Å². The van der Waals surface area contributed by atoms with Gasteiger partial charge in [-0.25, -0.2) is 12.8 Å². The number of halogens is 1. The normalized spacial score (nSPS) is 15.1. The Morgan fingerprint density at radius 2 is 1.87 bits per heavy atom. The Morgan fingerprint density at radius 3 is 2.47 bits per heavy atom. The van der Waals surface area contributed by atoms with E-state index in [1.807, 2.05) is 4.90 Å². The first-order valence-electron chi connectivity index (χ1n) is 10.1. The second-order valence-electron chi connectivity index (χ2n) is 7.48. The molecule has 160 valence electrons. The van der Waals surface area contributed by atoms with Gasteiger partial charge in [-0.05, 0) is 55.2 Å². The summed E-state index contributed by atoms with van der Waals surface area (Å²) in [6, 6.07) is 13.0. The second-order valence-corrected chi connectivity index (χ2v) is 9.49. The molecule has 0 bridgehead atoms. The maximum Gasteiger partial charge on any atom is 0.235 e. The fourth-order valence-corrected chi connectivity index (χ4v) is 5.14. The number of nitriles is 1. The van der Waals surface area contributed by atoms with Gasteiger partial charge in [0.2, 0.25) is 10.0 Å². The zero-order valence-electron chi connectivity index (χ0n) is 17.0. The molecule has 6 nitrogen and oxygen atoms in total. The van der Waals surface area contributed by atoms with Crippen molar-refractivity contribution in [3.05, 3.63) is 59.4 Å². The van der Waals surface area contributed by atoms with Crippen LogP contribution in [0.4, 0.5) is 15.8 Å². The van der Waals surface area contributed by atoms with Crippen LogP contribution < -0.4 is 9.21 Å². The molecule has 1 aliphatic heterocycles. The summed E-state index contributed by atoms with van der Waals surface area (Å²) in [5, 5.41) is 19.4. The molecule has 3 rings (SSSR count). The first kappa shape index (κ1) is 22.1. The average molecular weight is 432 g/mol. The zero-order chi connectivity index (χ0) is 21.7. The standard InChI is InChI=1S/C22H26FN3O3S/c1-2-13-30(28,29)26(16-17-3-5-19(23)6-4-17)20-7-8-22(18(14-20)15-24)25-11-9-21(27)10-12-25/h3-8,14,21,27H,2,9-13,16H2,1H3. The number of rotatable bonds is 7. The molecule has 2 aromatic carbocycles. The van der Waals surface area contributed by atoms with Gasteiger partial charge in [0.1, 0.15) is 11.9 Å². The van der Waals surface area contributed by atoms with E-state index in [4.69, 9.17) is 0 Å². The van der Waals surface area contributed by atoms with E-state index in [0.29, 0.717) is 49.2 Å². The van der Waals surface area contributed by atoms with Crippen molar-refractivity contribution in [2.45, 2.75) is 38.8 Å². The van der Waals surface area contributed by atoms with Crippen LogP contribution in [0.5, 0.6) is 0 Å². The van der Waals surface area contributed by atoms with Crippen LogP contribution in [0, 0.1) is 17.1 Å². The lowest BCUT2D eigenvalue weighted by Gasteiger charge is -2.32. The maximum absolute atomic E-state index is 13.3. The van der Waals surface area contributed by atoms with Gasteiger partial charge in [0.25, 0.3) is 0 Å². The van der Waals surface area contributed by atoms with Gasteiger partial charge in [0, 0.05) is 13.1 Å². The molecule has 0 spiro atoms. The van der Waals surface area contributed by atoms with Crippen molar-refractivity contribution >= 4 is 21.4 Å². The Bertz CT molecular complexity index is 1010. The van der Waals surface area contributed by atoms with Crippen molar-refractivity contribution in [2.75, 3.05) is 28.0 Å². The van der Waals surface area contributed by atoms with Gasteiger partial charge < -0.3 is 10.0 Å². The fourth-order valence-electron chi connectivity index (χ4n) is 3.63. The number of aliphatic hydroxyl groups excluding tert-OH is 1. The molecule has 1 fully saturated rings. The molecule has 0 aromatic heterocycles. The first-order valence-corrected chi connectivity index (χ1v) is 11.7. The predicted molar refractivity (Wildman–Crippen MR) is 115 cm³/mol. The molecule has 1 aliphatic rings. The highest BCUT2D eigenvalue weighted by Gasteiger charge is 2.25. The number of benzene rings is 2. The quantitative estimate of drug-likeness (QED) is 0.726. The summed E-state index contributed by atoms with van der Waals surface area (Å²) in [6.45, 7) is 3.14. The van der Waals surface area contributed by atoms with Crippen LogP contribution in [0.25, 0.3) is 0 Å². The summed E-state index contributed by atoms with van der Waals surface area (Å²) in [5.74, 6) is -0.411. The number of hydrogen-bond acceptors (Lipinski definition) is 5. The van der Waals surface area contributed by atoms with E-state index in [1.165, 1.54) is 16.4 Å². The van der Waals surface area contributed by atoms with E-state index < -0.39 is 10.0 Å². The Kier molecular flexibility index (Phi) is 6.95. The van der Waals surface area contributed by atoms with Crippen LogP contribution in [-0.2, 0) is 16.6 Å². The van der Waals surface area contributed by atoms with Crippen molar-refractivity contribution < 1.29 is 17.9 Å². The van der Waals surface area contributed by atoms with Gasteiger partial charge in [-0.2, -0.15) is 5.26 Å². The summed E-state index contributed by atoms with van der Waals surface area (Å²) in [7, 11) is -3.62. The number of sulfonamides is 1. The largest absolute Gasteiger partial charge is 0.393 e. The second kappa shape index (κ2) is 9.45. The Morgan fingerprint density at radius 1 is 1.20 bits per heavy atom. The SMILES string of the molecule is CCCS(=O)(=O)N(Cc1ccc(F)cc1)c1ccc(N2CCC(O)CC2)c(C#N)c1. The Balaban J connectivity index is 1.96. The monoisotopic (exact) mass is 431 g/mol. The molecule has 2 aromatic rings. The number of piperidine rings is 1. The van der Waals surface area contributed by atoms with Gasteiger partial charge >= 0.3 is 0 Å². The molecule has 1 saturated heterocycles. The lowest BCUT2D eigenvalue weighted by atomic mass is 10.0. The minimum absolute atomic E-state index is 0.0259. The first-order chi connectivity index (χ1) is 14.3. The molecule has 0 saturated carbocycles. The van der Waals surface area contributed by atoms with Gasteiger partial charge in [-0.3, -0.25) is 4.31 Å². The van der Waals surface area contributed by atoms with Gasteiger partial charge in [0.15, 0.2) is 0 Å². The third-order valence-electron chi connectivity index (χ3n) is 5.23. The summed E-state index contributed by atoms with van der Waals surface area (Å²) in [4.78, 5) is 2.04. The van der Waals surface area contributed by atoms with Gasteiger partial charge in [-0.15, -0.1) is 0 Å². The van der Waals surface area contributed by atoms with Gasteiger partial charge in [-0.1, -0.05) is 19.1 Å². The Labute approximate surface area is 177 Å². The maximum atomic E-state index is 13.3. The van der Waals surface area contributed by atoms with Crippen molar-refractivity contribution in [3.8, 4) is 6.07 Å². The van der Waals surface area contributed by atoms with E-state index >= 15 is 0 Å². The zero-order valence-corrected chi connectivity index (χ0v) is 17.8. The highest BCUT2D eigenvalue weighted by atomic mass is 32.2. The molecule has 30 heavy (non-hydrogen) atoms. The fraction of sp³-hybridized carbons (Fsp3) is 0.409. The molecular weight excluding hydrogens is 405 g/mol. The number of nitrogens with zero attached hydrogens (tertiary/aromatic N) is 3. The van der Waals surface area contributed by atoms with E-state index in [9.17, 15) is 23.2 Å². The highest BCUT2D eigenvalue weighted by Crippen LogP contribution is 2.30. The van der Waals surface area contributed by atoms with Crippen molar-refractivity contribution in [1.82, 2.24) is 0 Å². The summed E-state index contributed by atoms with van der Waals surface area (Å²) < 4.78 is 40.5. The minimum atomic E-state index is -3.62. The van der Waals surface area contributed by atoms with Crippen LogP contribution in [0.2, 0.25) is 0 Å². The molecule has 0 atom stereocenters. The van der Waals surface area contributed by atoms with Crippen molar-refractivity contribution in [1.29, 1.82) is 5.26 Å². The van der Waals surface area contributed by atoms with E-state index in [2.05, 4.69) is 6.07 Å². The van der Waals surface area contributed by atoms with E-state index in [0.717, 1.165) is 5.69 Å². The summed E-state index contributed by atoms with van der Waals surface area (Å²) >= 11 is 0. The van der Waals surface area contributed by atoms with Crippen molar-refractivity contribution in [2.24, 2.45) is 0 Å². The molecular formula is C22H26FN3O3S. The van der Waals surface area contributed by atoms with Crippen LogP contribution in [0.15, 0.2) is 42.5 Å². The van der Waals surface area contributed by atoms with Crippen LogP contribution >= 0.6 is 0 Å². The molecule has 0 radical (unpaired) electrons. The van der Waals surface area contributed by atoms with Gasteiger partial charge in [0.05, 0.1) is 35.3 Å². The molecule has 0 aliphatic carbocycles. The predicted octanol–water partition coefficient (Wildman–Crippen LogP) is 3.40. The summed E-state index contributed by atoms with van der Waals surface area (Å²) in [5.41, 5.74) is 2.19. The lowest BCUT2D eigenvalue weighted by Crippen LogP contribution is -2.36. The number of aliphatic hydroxyl groups is 1. The molecule has 1 N–H and O–H groups in total. The average Bonchev–Trinajstić information content (AvgIpc) is 2.73. The lowest BCUT2D eigenvalue weighted by molar-refractivity contribution is 0.145. The summed E-state index contributed by atoms with van der Waals surface area (Å²) in [6.07, 6.45) is 1.40. The molecule has 8 heteroatoms. The topological polar surface area (TPSA) is 84.6 Å². The smallest absolute Gasteiger partial charge is 0.235 e. The van der Waals surface area contributed by atoms with E-state index in [1.54, 1.807) is 37.3 Å². The highest BCUT2D eigenvalue weighted by molar-refractivity contribution is 7.92. The van der Waals surface area contributed by atoms with Crippen LogP contribution in [0.3, 0.4) is 0 Å². The van der Waals surface area contributed by atoms with Crippen LogP contribution in [-0.4, -0.2) is 38.5 Å². The molecule has 0 amide bonds.